The quantitative estimate of drug-likeness (QED) is 0.724. The van der Waals surface area contributed by atoms with Crippen LogP contribution in [0.25, 0.3) is 22.0 Å². The molecule has 0 unspecified atom stereocenters. The molecule has 0 amide bonds. The topological polar surface area (TPSA) is 32.6 Å². The minimum atomic E-state index is 0.709. The lowest BCUT2D eigenvalue weighted by Gasteiger charge is -2.15. The molecule has 120 valence electrons. The molecule has 0 aliphatic carbocycles. The molecule has 3 rings (SSSR count). The zero-order chi connectivity index (χ0) is 16.6. The summed E-state index contributed by atoms with van der Waals surface area (Å²) in [7, 11) is 7.04. The number of hydrogen-bond donors (Lipinski definition) is 0. The first-order valence-corrected chi connectivity index (χ1v) is 7.46. The summed E-state index contributed by atoms with van der Waals surface area (Å²) in [6.45, 7) is 2.11. The zero-order valence-corrected chi connectivity index (χ0v) is 14.1. The molecule has 0 spiro atoms. The van der Waals surface area contributed by atoms with Crippen LogP contribution in [0.15, 0.2) is 36.4 Å². The van der Waals surface area contributed by atoms with Gasteiger partial charge in [-0.15, -0.1) is 0 Å². The number of aryl methyl sites for hydroxylation is 1. The molecule has 0 radical (unpaired) electrons. The van der Waals surface area contributed by atoms with Crippen molar-refractivity contribution in [2.45, 2.75) is 6.92 Å². The zero-order valence-electron chi connectivity index (χ0n) is 14.1. The van der Waals surface area contributed by atoms with Crippen LogP contribution in [0.2, 0.25) is 0 Å². The number of benzene rings is 2. The van der Waals surface area contributed by atoms with E-state index in [2.05, 4.69) is 30.7 Å². The van der Waals surface area contributed by atoms with Crippen LogP contribution in [0.1, 0.15) is 5.69 Å². The normalized spacial score (nSPS) is 10.8. The predicted octanol–water partition coefficient (Wildman–Crippen LogP) is 4.18. The Bertz CT molecular complexity index is 839. The van der Waals surface area contributed by atoms with Crippen LogP contribution in [0.5, 0.6) is 17.2 Å². The highest BCUT2D eigenvalue weighted by Gasteiger charge is 2.22. The van der Waals surface area contributed by atoms with Gasteiger partial charge in [-0.1, -0.05) is 18.2 Å². The van der Waals surface area contributed by atoms with E-state index in [0.29, 0.717) is 5.75 Å². The second kappa shape index (κ2) is 5.88. The third-order valence-electron chi connectivity index (χ3n) is 4.36. The first-order valence-electron chi connectivity index (χ1n) is 7.46. The maximum Gasteiger partial charge on any atom is 0.134 e. The Morgan fingerprint density at radius 1 is 0.826 bits per heavy atom. The Morgan fingerprint density at radius 3 is 2.00 bits per heavy atom. The first-order chi connectivity index (χ1) is 11.1. The van der Waals surface area contributed by atoms with Crippen molar-refractivity contribution in [3.63, 3.8) is 0 Å². The fraction of sp³-hybridized carbons (Fsp3) is 0.263. The second-order valence-corrected chi connectivity index (χ2v) is 5.44. The summed E-state index contributed by atoms with van der Waals surface area (Å²) in [5.74, 6) is 2.18. The van der Waals surface area contributed by atoms with Crippen LogP contribution in [-0.4, -0.2) is 25.9 Å². The Kier molecular flexibility index (Phi) is 3.90. The van der Waals surface area contributed by atoms with E-state index in [4.69, 9.17) is 14.2 Å². The van der Waals surface area contributed by atoms with E-state index in [1.165, 1.54) is 10.9 Å². The lowest BCUT2D eigenvalue weighted by molar-refractivity contribution is 0.377. The number of methoxy groups -OCH3 is 3. The molecule has 0 saturated carbocycles. The van der Waals surface area contributed by atoms with E-state index in [-0.39, 0.29) is 0 Å². The van der Waals surface area contributed by atoms with Gasteiger partial charge < -0.3 is 18.8 Å². The monoisotopic (exact) mass is 311 g/mol. The summed E-state index contributed by atoms with van der Waals surface area (Å²) in [4.78, 5) is 0. The van der Waals surface area contributed by atoms with Crippen LogP contribution >= 0.6 is 0 Å². The molecule has 0 aliphatic rings. The molecule has 1 heterocycles. The number of hydrogen-bond acceptors (Lipinski definition) is 3. The maximum absolute atomic E-state index is 5.63. The standard InChI is InChI=1S/C19H21NO3/c1-12-18(14-8-6-7-9-15(14)20(12)2)19-16(22-4)10-13(21-3)11-17(19)23-5/h6-11H,1-5H3. The fourth-order valence-corrected chi connectivity index (χ4v) is 3.09. The number of para-hydroxylation sites is 1. The molecule has 0 atom stereocenters. The van der Waals surface area contributed by atoms with Gasteiger partial charge in [-0.25, -0.2) is 0 Å². The Morgan fingerprint density at radius 2 is 1.43 bits per heavy atom. The van der Waals surface area contributed by atoms with Crippen LogP contribution < -0.4 is 14.2 Å². The van der Waals surface area contributed by atoms with Crippen LogP contribution in [0, 0.1) is 6.92 Å². The van der Waals surface area contributed by atoms with E-state index in [1.807, 2.05) is 24.3 Å². The maximum atomic E-state index is 5.63. The van der Waals surface area contributed by atoms with Crippen molar-refractivity contribution in [2.75, 3.05) is 21.3 Å². The van der Waals surface area contributed by atoms with Gasteiger partial charge in [-0.2, -0.15) is 0 Å². The largest absolute Gasteiger partial charge is 0.496 e. The van der Waals surface area contributed by atoms with Crippen molar-refractivity contribution >= 4 is 10.9 Å². The molecule has 4 nitrogen and oxygen atoms in total. The third kappa shape index (κ3) is 2.31. The highest BCUT2D eigenvalue weighted by molar-refractivity contribution is 6.01. The van der Waals surface area contributed by atoms with Gasteiger partial charge in [-0.3, -0.25) is 0 Å². The van der Waals surface area contributed by atoms with Gasteiger partial charge in [0, 0.05) is 41.3 Å². The van der Waals surface area contributed by atoms with Crippen LogP contribution in [0.3, 0.4) is 0 Å². The summed E-state index contributed by atoms with van der Waals surface area (Å²) < 4.78 is 18.8. The lowest BCUT2D eigenvalue weighted by Crippen LogP contribution is -1.97. The van der Waals surface area contributed by atoms with Gasteiger partial charge in [0.2, 0.25) is 0 Å². The molecule has 3 aromatic rings. The number of fused-ring (bicyclic) bond motifs is 1. The van der Waals surface area contributed by atoms with Gasteiger partial charge in [0.25, 0.3) is 0 Å². The number of rotatable bonds is 4. The van der Waals surface area contributed by atoms with Crippen molar-refractivity contribution in [1.82, 2.24) is 4.57 Å². The van der Waals surface area contributed by atoms with E-state index in [1.54, 1.807) is 21.3 Å². The average Bonchev–Trinajstić information content (AvgIpc) is 2.85. The summed E-state index contributed by atoms with van der Waals surface area (Å²) in [6.07, 6.45) is 0. The van der Waals surface area contributed by atoms with E-state index in [0.717, 1.165) is 28.3 Å². The SMILES string of the molecule is COc1cc(OC)c(-c2c(C)n(C)c3ccccc23)c(OC)c1. The Balaban J connectivity index is 2.41. The predicted molar refractivity (Wildman–Crippen MR) is 92.7 cm³/mol. The summed E-state index contributed by atoms with van der Waals surface area (Å²) >= 11 is 0. The van der Waals surface area contributed by atoms with E-state index >= 15 is 0 Å². The molecular formula is C19H21NO3. The molecule has 0 fully saturated rings. The minimum Gasteiger partial charge on any atom is -0.496 e. The van der Waals surface area contributed by atoms with Crippen LogP contribution in [0.4, 0.5) is 0 Å². The van der Waals surface area contributed by atoms with Crippen LogP contribution in [-0.2, 0) is 7.05 Å². The second-order valence-electron chi connectivity index (χ2n) is 5.44. The van der Waals surface area contributed by atoms with Gasteiger partial charge in [0.1, 0.15) is 17.2 Å². The Hall–Kier alpha value is -2.62. The van der Waals surface area contributed by atoms with Crippen molar-refractivity contribution in [1.29, 1.82) is 0 Å². The number of aromatic nitrogens is 1. The van der Waals surface area contributed by atoms with E-state index in [9.17, 15) is 0 Å². The molecule has 1 aromatic heterocycles. The molecule has 2 aromatic carbocycles. The fourth-order valence-electron chi connectivity index (χ4n) is 3.09. The molecular weight excluding hydrogens is 290 g/mol. The van der Waals surface area contributed by atoms with Crippen molar-refractivity contribution in [2.24, 2.45) is 7.05 Å². The van der Waals surface area contributed by atoms with Crippen molar-refractivity contribution in [3.8, 4) is 28.4 Å². The van der Waals surface area contributed by atoms with E-state index < -0.39 is 0 Å². The highest BCUT2D eigenvalue weighted by atomic mass is 16.5. The Labute approximate surface area is 136 Å². The van der Waals surface area contributed by atoms with Gasteiger partial charge in [-0.05, 0) is 13.0 Å². The lowest BCUT2D eigenvalue weighted by atomic mass is 9.99. The molecule has 0 N–H and O–H groups in total. The summed E-state index contributed by atoms with van der Waals surface area (Å²) in [6, 6.07) is 12.1. The molecule has 23 heavy (non-hydrogen) atoms. The minimum absolute atomic E-state index is 0.709. The third-order valence-corrected chi connectivity index (χ3v) is 4.36. The molecule has 0 aliphatic heterocycles. The highest BCUT2D eigenvalue weighted by Crippen LogP contribution is 2.46. The van der Waals surface area contributed by atoms with Crippen molar-refractivity contribution < 1.29 is 14.2 Å². The smallest absolute Gasteiger partial charge is 0.134 e. The number of nitrogens with zero attached hydrogens (tertiary/aromatic N) is 1. The molecule has 0 bridgehead atoms. The average molecular weight is 311 g/mol. The summed E-state index contributed by atoms with van der Waals surface area (Å²) in [5, 5.41) is 1.18. The van der Waals surface area contributed by atoms with Crippen molar-refractivity contribution in [3.05, 3.63) is 42.1 Å². The molecule has 4 heteroatoms. The number of ether oxygens (including phenoxy) is 3. The molecule has 0 saturated heterocycles. The first kappa shape index (κ1) is 15.3. The summed E-state index contributed by atoms with van der Waals surface area (Å²) in [5.41, 5.74) is 4.41. The van der Waals surface area contributed by atoms with Gasteiger partial charge in [0.05, 0.1) is 26.9 Å². The van der Waals surface area contributed by atoms with Gasteiger partial charge >= 0.3 is 0 Å². The van der Waals surface area contributed by atoms with Gasteiger partial charge in [0.15, 0.2) is 0 Å².